The van der Waals surface area contributed by atoms with Crippen LogP contribution >= 0.6 is 11.3 Å². The Morgan fingerprint density at radius 3 is 2.64 bits per heavy atom. The first-order valence-electron chi connectivity index (χ1n) is 7.43. The Bertz CT molecular complexity index is 557. The number of rotatable bonds is 7. The Kier molecular flexibility index (Phi) is 6.43. The normalized spacial score (nSPS) is 13.4. The number of carbonyl (C=O) groups is 1. The molecule has 0 aliphatic carbocycles. The summed E-state index contributed by atoms with van der Waals surface area (Å²) in [5, 5.41) is 19.2. The molecule has 22 heavy (non-hydrogen) atoms. The number of aliphatic hydroxyl groups is 1. The minimum absolute atomic E-state index is 0.0329. The number of amides is 2. The first kappa shape index (κ1) is 16.5. The molecule has 0 aliphatic heterocycles. The molecule has 5 heteroatoms. The maximum absolute atomic E-state index is 12.1. The summed E-state index contributed by atoms with van der Waals surface area (Å²) >= 11 is 1.66. The molecule has 1 unspecified atom stereocenters. The van der Waals surface area contributed by atoms with Crippen LogP contribution in [0.4, 0.5) is 4.79 Å². The van der Waals surface area contributed by atoms with Gasteiger partial charge < -0.3 is 15.7 Å². The molecule has 1 aromatic heterocycles. The van der Waals surface area contributed by atoms with Crippen molar-refractivity contribution in [2.24, 2.45) is 0 Å². The second-order valence-corrected chi connectivity index (χ2v) is 6.07. The maximum atomic E-state index is 12.1. The Hall–Kier alpha value is -1.85. The molecule has 0 bridgehead atoms. The SMILES string of the molecule is CC(CNC(=O)N[C@H](CCO)c1ccccc1)c1ccsc1. The van der Waals surface area contributed by atoms with Gasteiger partial charge in [0.1, 0.15) is 0 Å². The average molecular weight is 318 g/mol. The van der Waals surface area contributed by atoms with Gasteiger partial charge in [-0.3, -0.25) is 0 Å². The van der Waals surface area contributed by atoms with Crippen molar-refractivity contribution in [2.45, 2.75) is 25.3 Å². The van der Waals surface area contributed by atoms with Gasteiger partial charge in [-0.25, -0.2) is 4.79 Å². The van der Waals surface area contributed by atoms with Gasteiger partial charge in [0.2, 0.25) is 0 Å². The molecule has 4 nitrogen and oxygen atoms in total. The van der Waals surface area contributed by atoms with E-state index in [1.54, 1.807) is 11.3 Å². The van der Waals surface area contributed by atoms with Crippen LogP contribution in [0.5, 0.6) is 0 Å². The predicted octanol–water partition coefficient (Wildman–Crippen LogP) is 3.27. The van der Waals surface area contributed by atoms with Crippen LogP contribution in [0.2, 0.25) is 0 Å². The summed E-state index contributed by atoms with van der Waals surface area (Å²) in [6.45, 7) is 2.71. The van der Waals surface area contributed by atoms with Crippen molar-refractivity contribution in [1.29, 1.82) is 0 Å². The monoisotopic (exact) mass is 318 g/mol. The van der Waals surface area contributed by atoms with Crippen LogP contribution in [0.1, 0.15) is 36.4 Å². The number of aliphatic hydroxyl groups excluding tert-OH is 1. The Balaban J connectivity index is 1.86. The minimum Gasteiger partial charge on any atom is -0.396 e. The van der Waals surface area contributed by atoms with Crippen molar-refractivity contribution in [3.8, 4) is 0 Å². The van der Waals surface area contributed by atoms with E-state index in [9.17, 15) is 9.90 Å². The van der Waals surface area contributed by atoms with Gasteiger partial charge in [-0.2, -0.15) is 11.3 Å². The van der Waals surface area contributed by atoms with Crippen molar-refractivity contribution in [2.75, 3.05) is 13.2 Å². The number of nitrogens with one attached hydrogen (secondary N) is 2. The fourth-order valence-electron chi connectivity index (χ4n) is 2.26. The Morgan fingerprint density at radius 1 is 1.23 bits per heavy atom. The fraction of sp³-hybridized carbons (Fsp3) is 0.353. The molecule has 2 atom stereocenters. The van der Waals surface area contributed by atoms with E-state index in [4.69, 9.17) is 0 Å². The van der Waals surface area contributed by atoms with Crippen LogP contribution in [0.15, 0.2) is 47.2 Å². The van der Waals surface area contributed by atoms with E-state index in [1.165, 1.54) is 5.56 Å². The van der Waals surface area contributed by atoms with Crippen LogP contribution in [-0.4, -0.2) is 24.3 Å². The summed E-state index contributed by atoms with van der Waals surface area (Å²) in [5.74, 6) is 0.282. The molecule has 0 spiro atoms. The quantitative estimate of drug-likeness (QED) is 0.734. The van der Waals surface area contributed by atoms with Crippen LogP contribution in [-0.2, 0) is 0 Å². The second-order valence-electron chi connectivity index (χ2n) is 5.29. The summed E-state index contributed by atoms with van der Waals surface area (Å²) < 4.78 is 0. The standard InChI is InChI=1S/C17H22N2O2S/c1-13(15-8-10-22-12-15)11-18-17(21)19-16(7-9-20)14-5-3-2-4-6-14/h2-6,8,10,12-13,16,20H,7,9,11H2,1H3,(H2,18,19,21)/t13?,16-/m1/s1. The van der Waals surface area contributed by atoms with E-state index >= 15 is 0 Å². The number of thiophene rings is 1. The topological polar surface area (TPSA) is 61.4 Å². The molecule has 2 aromatic rings. The Labute approximate surface area is 135 Å². The van der Waals surface area contributed by atoms with Gasteiger partial charge in [0, 0.05) is 13.2 Å². The van der Waals surface area contributed by atoms with Gasteiger partial charge in [0.25, 0.3) is 0 Å². The molecule has 3 N–H and O–H groups in total. The lowest BCUT2D eigenvalue weighted by molar-refractivity contribution is 0.229. The predicted molar refractivity (Wildman–Crippen MR) is 90.2 cm³/mol. The highest BCUT2D eigenvalue weighted by atomic mass is 32.1. The molecule has 118 valence electrons. The van der Waals surface area contributed by atoms with Crippen LogP contribution in [0.3, 0.4) is 0 Å². The molecular formula is C17H22N2O2S. The highest BCUT2D eigenvalue weighted by Gasteiger charge is 2.14. The van der Waals surface area contributed by atoms with E-state index in [-0.39, 0.29) is 24.6 Å². The third-order valence-corrected chi connectivity index (χ3v) is 4.31. The van der Waals surface area contributed by atoms with Crippen molar-refractivity contribution in [1.82, 2.24) is 10.6 Å². The largest absolute Gasteiger partial charge is 0.396 e. The number of urea groups is 1. The van der Waals surface area contributed by atoms with Crippen LogP contribution in [0, 0.1) is 0 Å². The molecule has 1 heterocycles. The third-order valence-electron chi connectivity index (χ3n) is 3.61. The second kappa shape index (κ2) is 8.56. The van der Waals surface area contributed by atoms with E-state index in [2.05, 4.69) is 29.0 Å². The zero-order valence-electron chi connectivity index (χ0n) is 12.7. The number of hydrogen-bond acceptors (Lipinski definition) is 3. The number of carbonyl (C=O) groups excluding carboxylic acids is 1. The zero-order chi connectivity index (χ0) is 15.8. The van der Waals surface area contributed by atoms with E-state index in [0.717, 1.165) is 5.56 Å². The van der Waals surface area contributed by atoms with Gasteiger partial charge in [-0.15, -0.1) is 0 Å². The average Bonchev–Trinajstić information content (AvgIpc) is 3.07. The van der Waals surface area contributed by atoms with Gasteiger partial charge >= 0.3 is 6.03 Å². The van der Waals surface area contributed by atoms with Crippen LogP contribution < -0.4 is 10.6 Å². The van der Waals surface area contributed by atoms with Crippen LogP contribution in [0.25, 0.3) is 0 Å². The van der Waals surface area contributed by atoms with Crippen molar-refractivity contribution in [3.05, 3.63) is 58.3 Å². The smallest absolute Gasteiger partial charge is 0.315 e. The van der Waals surface area contributed by atoms with E-state index < -0.39 is 0 Å². The summed E-state index contributed by atoms with van der Waals surface area (Å²) in [7, 11) is 0. The number of hydrogen-bond donors (Lipinski definition) is 3. The summed E-state index contributed by atoms with van der Waals surface area (Å²) in [4.78, 5) is 12.1. The molecule has 0 saturated heterocycles. The Morgan fingerprint density at radius 2 is 2.00 bits per heavy atom. The van der Waals surface area contributed by atoms with Gasteiger partial charge in [-0.1, -0.05) is 37.3 Å². The lowest BCUT2D eigenvalue weighted by atomic mass is 10.0. The molecule has 2 rings (SSSR count). The summed E-state index contributed by atoms with van der Waals surface area (Å²) in [6, 6.07) is 11.4. The van der Waals surface area contributed by atoms with Gasteiger partial charge in [-0.05, 0) is 40.3 Å². The third kappa shape index (κ3) is 4.86. The maximum Gasteiger partial charge on any atom is 0.315 e. The van der Waals surface area contributed by atoms with E-state index in [0.29, 0.717) is 13.0 Å². The van der Waals surface area contributed by atoms with Gasteiger partial charge in [0.05, 0.1) is 6.04 Å². The molecule has 2 amide bonds. The highest BCUT2D eigenvalue weighted by molar-refractivity contribution is 7.07. The zero-order valence-corrected chi connectivity index (χ0v) is 13.5. The molecular weight excluding hydrogens is 296 g/mol. The molecule has 1 aromatic carbocycles. The lowest BCUT2D eigenvalue weighted by Crippen LogP contribution is -2.39. The number of benzene rings is 1. The molecule has 0 saturated carbocycles. The molecule has 0 radical (unpaired) electrons. The van der Waals surface area contributed by atoms with Crippen molar-refractivity contribution >= 4 is 17.4 Å². The first-order valence-corrected chi connectivity index (χ1v) is 8.37. The minimum atomic E-state index is -0.204. The lowest BCUT2D eigenvalue weighted by Gasteiger charge is -2.19. The van der Waals surface area contributed by atoms with E-state index in [1.807, 2.05) is 35.7 Å². The molecule has 0 fully saturated rings. The molecule has 0 aliphatic rings. The first-order chi connectivity index (χ1) is 10.7. The van der Waals surface area contributed by atoms with Crippen molar-refractivity contribution < 1.29 is 9.90 Å². The highest BCUT2D eigenvalue weighted by Crippen LogP contribution is 2.18. The summed E-state index contributed by atoms with van der Waals surface area (Å²) in [6.07, 6.45) is 0.498. The fourth-order valence-corrected chi connectivity index (χ4v) is 3.05. The van der Waals surface area contributed by atoms with Crippen molar-refractivity contribution in [3.63, 3.8) is 0 Å². The van der Waals surface area contributed by atoms with Gasteiger partial charge in [0.15, 0.2) is 0 Å². The summed E-state index contributed by atoms with van der Waals surface area (Å²) in [5.41, 5.74) is 2.23.